The highest BCUT2D eigenvalue weighted by atomic mass is 32.2. The third-order valence-corrected chi connectivity index (χ3v) is 3.80. The predicted octanol–water partition coefficient (Wildman–Crippen LogP) is 1.94. The van der Waals surface area contributed by atoms with Crippen LogP contribution in [0, 0.1) is 0 Å². The Kier molecular flexibility index (Phi) is 4.68. The number of carbonyl (C=O) groups is 2. The van der Waals surface area contributed by atoms with Crippen LogP contribution in [0.5, 0.6) is 0 Å². The summed E-state index contributed by atoms with van der Waals surface area (Å²) in [4.78, 5) is 25.9. The predicted molar refractivity (Wildman–Crippen MR) is 78.6 cm³/mol. The van der Waals surface area contributed by atoms with Gasteiger partial charge in [-0.3, -0.25) is 4.79 Å². The van der Waals surface area contributed by atoms with Gasteiger partial charge in [0.05, 0.1) is 12.1 Å². The topological polar surface area (TPSA) is 71.2 Å². The summed E-state index contributed by atoms with van der Waals surface area (Å²) in [6.45, 7) is 1.38. The molecule has 1 amide bonds. The van der Waals surface area contributed by atoms with Crippen molar-refractivity contribution in [2.24, 2.45) is 0 Å². The molecule has 0 bridgehead atoms. The van der Waals surface area contributed by atoms with Crippen molar-refractivity contribution >= 4 is 34.5 Å². The van der Waals surface area contributed by atoms with Crippen molar-refractivity contribution in [3.8, 4) is 0 Å². The first kappa shape index (κ1) is 14.5. The van der Waals surface area contributed by atoms with E-state index in [2.05, 4.69) is 15.0 Å². The fraction of sp³-hybridized carbons (Fsp3) is 0.286. The number of aromatic nitrogens is 1. The molecule has 0 saturated heterocycles. The van der Waals surface area contributed by atoms with E-state index in [0.717, 1.165) is 15.9 Å². The van der Waals surface area contributed by atoms with Crippen LogP contribution in [0.4, 0.5) is 0 Å². The molecule has 6 heteroatoms. The zero-order valence-electron chi connectivity index (χ0n) is 11.3. The summed E-state index contributed by atoms with van der Waals surface area (Å²) in [5.74, 6) is -0.277. The van der Waals surface area contributed by atoms with Gasteiger partial charge in [0.25, 0.3) is 0 Å². The van der Waals surface area contributed by atoms with Crippen molar-refractivity contribution in [3.05, 3.63) is 30.3 Å². The van der Waals surface area contributed by atoms with Crippen LogP contribution >= 0.6 is 11.8 Å². The second-order valence-corrected chi connectivity index (χ2v) is 5.37. The Balaban J connectivity index is 2.04. The molecule has 5 nitrogen and oxygen atoms in total. The van der Waals surface area contributed by atoms with Crippen LogP contribution in [0.25, 0.3) is 10.9 Å². The molecular weight excluding hydrogens is 276 g/mol. The highest BCUT2D eigenvalue weighted by Crippen LogP contribution is 2.23. The maximum atomic E-state index is 11.6. The summed E-state index contributed by atoms with van der Waals surface area (Å²) in [7, 11) is 1.31. The van der Waals surface area contributed by atoms with Crippen molar-refractivity contribution < 1.29 is 14.3 Å². The summed E-state index contributed by atoms with van der Waals surface area (Å²) >= 11 is 1.47. The molecule has 106 valence electrons. The van der Waals surface area contributed by atoms with Crippen molar-refractivity contribution in [1.82, 2.24) is 10.3 Å². The van der Waals surface area contributed by atoms with Crippen LogP contribution < -0.4 is 5.32 Å². The highest BCUT2D eigenvalue weighted by molar-refractivity contribution is 7.99. The van der Waals surface area contributed by atoms with Gasteiger partial charge in [-0.25, -0.2) is 4.79 Å². The van der Waals surface area contributed by atoms with Gasteiger partial charge in [0.1, 0.15) is 6.04 Å². The van der Waals surface area contributed by atoms with E-state index in [4.69, 9.17) is 0 Å². The van der Waals surface area contributed by atoms with E-state index in [0.29, 0.717) is 5.75 Å². The number of hydrogen-bond donors (Lipinski definition) is 2. The van der Waals surface area contributed by atoms with Gasteiger partial charge >= 0.3 is 5.97 Å². The van der Waals surface area contributed by atoms with E-state index in [1.54, 1.807) is 0 Å². The quantitative estimate of drug-likeness (QED) is 0.652. The molecule has 1 heterocycles. The molecular formula is C14H16N2O3S. The molecule has 0 aliphatic carbocycles. The minimum absolute atomic E-state index is 0.252. The van der Waals surface area contributed by atoms with Gasteiger partial charge in [-0.05, 0) is 12.1 Å². The number of ether oxygens (including phenoxy) is 1. The van der Waals surface area contributed by atoms with E-state index < -0.39 is 12.0 Å². The largest absolute Gasteiger partial charge is 0.467 e. The summed E-state index contributed by atoms with van der Waals surface area (Å²) in [5, 5.41) is 4.65. The lowest BCUT2D eigenvalue weighted by Gasteiger charge is -2.14. The highest BCUT2D eigenvalue weighted by Gasteiger charge is 2.20. The fourth-order valence-electron chi connectivity index (χ4n) is 1.85. The number of para-hydroxylation sites is 1. The Morgan fingerprint density at radius 2 is 2.15 bits per heavy atom. The molecule has 0 aliphatic heterocycles. The molecule has 0 aliphatic rings. The maximum absolute atomic E-state index is 11.6. The summed E-state index contributed by atoms with van der Waals surface area (Å²) in [6, 6.07) is 9.31. The number of amides is 1. The Morgan fingerprint density at radius 1 is 1.40 bits per heavy atom. The number of benzene rings is 1. The Bertz CT molecular complexity index is 591. The van der Waals surface area contributed by atoms with Crippen LogP contribution in [-0.4, -0.2) is 35.8 Å². The molecule has 1 atom stereocenters. The zero-order valence-corrected chi connectivity index (χ0v) is 12.1. The van der Waals surface area contributed by atoms with Gasteiger partial charge in [-0.15, -0.1) is 11.8 Å². The first-order chi connectivity index (χ1) is 9.60. The lowest BCUT2D eigenvalue weighted by atomic mass is 10.3. The molecule has 2 aromatic rings. The number of hydrogen-bond acceptors (Lipinski definition) is 4. The molecule has 2 rings (SSSR count). The Morgan fingerprint density at radius 3 is 2.80 bits per heavy atom. The number of nitrogens with one attached hydrogen (secondary N) is 2. The SMILES string of the molecule is COC(=O)C(CSc1cc2ccccc2[nH]1)NC(C)=O. The van der Waals surface area contributed by atoms with Gasteiger partial charge in [-0.1, -0.05) is 18.2 Å². The van der Waals surface area contributed by atoms with E-state index in [1.807, 2.05) is 30.3 Å². The molecule has 1 unspecified atom stereocenters. The van der Waals surface area contributed by atoms with Crippen LogP contribution in [0.15, 0.2) is 35.4 Å². The monoisotopic (exact) mass is 292 g/mol. The molecule has 0 radical (unpaired) electrons. The van der Waals surface area contributed by atoms with Crippen molar-refractivity contribution in [1.29, 1.82) is 0 Å². The summed E-state index contributed by atoms with van der Waals surface area (Å²) in [6.07, 6.45) is 0. The lowest BCUT2D eigenvalue weighted by molar-refractivity contribution is -0.144. The zero-order chi connectivity index (χ0) is 14.5. The van der Waals surface area contributed by atoms with E-state index in [9.17, 15) is 9.59 Å². The van der Waals surface area contributed by atoms with Crippen LogP contribution in [-0.2, 0) is 14.3 Å². The van der Waals surface area contributed by atoms with Gasteiger partial charge in [0.15, 0.2) is 0 Å². The van der Waals surface area contributed by atoms with E-state index in [1.165, 1.54) is 25.8 Å². The lowest BCUT2D eigenvalue weighted by Crippen LogP contribution is -2.42. The molecule has 1 aromatic carbocycles. The standard InChI is InChI=1S/C14H16N2O3S/c1-9(17)15-12(14(18)19-2)8-20-13-7-10-5-3-4-6-11(10)16-13/h3-7,12,16H,8H2,1-2H3,(H,15,17). The van der Waals surface area contributed by atoms with Gasteiger partial charge < -0.3 is 15.0 Å². The number of aromatic amines is 1. The fourth-order valence-corrected chi connectivity index (χ4v) is 2.81. The Hall–Kier alpha value is -1.95. The third-order valence-electron chi connectivity index (χ3n) is 2.77. The first-order valence-corrected chi connectivity index (χ1v) is 7.14. The third kappa shape index (κ3) is 3.54. The van der Waals surface area contributed by atoms with Crippen molar-refractivity contribution in [3.63, 3.8) is 0 Å². The van der Waals surface area contributed by atoms with E-state index >= 15 is 0 Å². The number of rotatable bonds is 5. The molecule has 1 aromatic heterocycles. The van der Waals surface area contributed by atoms with Crippen LogP contribution in [0.1, 0.15) is 6.92 Å². The molecule has 20 heavy (non-hydrogen) atoms. The average molecular weight is 292 g/mol. The van der Waals surface area contributed by atoms with Gasteiger partial charge in [0, 0.05) is 23.6 Å². The number of esters is 1. The molecule has 0 spiro atoms. The molecule has 2 N–H and O–H groups in total. The minimum atomic E-state index is -0.645. The van der Waals surface area contributed by atoms with Gasteiger partial charge in [-0.2, -0.15) is 0 Å². The minimum Gasteiger partial charge on any atom is -0.467 e. The average Bonchev–Trinajstić information content (AvgIpc) is 2.84. The van der Waals surface area contributed by atoms with Crippen molar-refractivity contribution in [2.45, 2.75) is 18.0 Å². The second-order valence-electron chi connectivity index (χ2n) is 4.31. The summed E-state index contributed by atoms with van der Waals surface area (Å²) < 4.78 is 4.68. The molecule has 0 fully saturated rings. The smallest absolute Gasteiger partial charge is 0.329 e. The number of carbonyl (C=O) groups excluding carboxylic acids is 2. The molecule has 0 saturated carbocycles. The number of H-pyrrole nitrogens is 1. The second kappa shape index (κ2) is 6.47. The normalized spacial score (nSPS) is 12.1. The number of fused-ring (bicyclic) bond motifs is 1. The first-order valence-electron chi connectivity index (χ1n) is 6.15. The summed E-state index contributed by atoms with van der Waals surface area (Å²) in [5.41, 5.74) is 1.05. The van der Waals surface area contributed by atoms with Crippen LogP contribution in [0.3, 0.4) is 0 Å². The number of thioether (sulfide) groups is 1. The van der Waals surface area contributed by atoms with Crippen LogP contribution in [0.2, 0.25) is 0 Å². The van der Waals surface area contributed by atoms with Gasteiger partial charge in [0.2, 0.25) is 5.91 Å². The Labute approximate surface area is 121 Å². The van der Waals surface area contributed by atoms with Crippen molar-refractivity contribution in [2.75, 3.05) is 12.9 Å². The maximum Gasteiger partial charge on any atom is 0.329 e. The van der Waals surface area contributed by atoms with E-state index in [-0.39, 0.29) is 5.91 Å². The number of methoxy groups -OCH3 is 1.